The van der Waals surface area contributed by atoms with E-state index in [-0.39, 0.29) is 25.5 Å². The van der Waals surface area contributed by atoms with Gasteiger partial charge in [0.2, 0.25) is 5.91 Å². The van der Waals surface area contributed by atoms with Gasteiger partial charge in [-0.3, -0.25) is 19.5 Å². The maximum Gasteiger partial charge on any atom is 0.279 e. The molecular weight excluding hydrogens is 382 g/mol. The number of aryl methyl sites for hydroxylation is 1. The summed E-state index contributed by atoms with van der Waals surface area (Å²) in [5, 5.41) is 9.13. The number of imide groups is 1. The van der Waals surface area contributed by atoms with Crippen molar-refractivity contribution >= 4 is 17.5 Å². The molecule has 3 aromatic rings. The van der Waals surface area contributed by atoms with Crippen molar-refractivity contribution in [2.24, 2.45) is 0 Å². The largest absolute Gasteiger partial charge is 0.397 e. The lowest BCUT2D eigenvalue weighted by Gasteiger charge is -2.25. The average molecular weight is 405 g/mol. The van der Waals surface area contributed by atoms with Crippen molar-refractivity contribution in [2.45, 2.75) is 26.3 Å². The smallest absolute Gasteiger partial charge is 0.279 e. The highest BCUT2D eigenvalue weighted by Crippen LogP contribution is 2.28. The lowest BCUT2D eigenvalue weighted by Crippen LogP contribution is -2.44. The van der Waals surface area contributed by atoms with Crippen LogP contribution >= 0.6 is 0 Å². The third-order valence-electron chi connectivity index (χ3n) is 5.12. The number of aliphatic hydroxyl groups is 1. The molecule has 8 nitrogen and oxygen atoms in total. The molecule has 1 aliphatic rings. The molecule has 154 valence electrons. The van der Waals surface area contributed by atoms with E-state index in [4.69, 9.17) is 10.8 Å². The molecule has 3 heterocycles. The summed E-state index contributed by atoms with van der Waals surface area (Å²) in [6.07, 6.45) is 1.96. The number of aliphatic hydroxyl groups excluding tert-OH is 1. The number of amides is 2. The van der Waals surface area contributed by atoms with Crippen LogP contribution in [0.2, 0.25) is 0 Å². The molecule has 0 atom stereocenters. The fourth-order valence-corrected chi connectivity index (χ4v) is 3.57. The third-order valence-corrected chi connectivity index (χ3v) is 5.12. The van der Waals surface area contributed by atoms with Gasteiger partial charge in [0.15, 0.2) is 0 Å². The number of pyridine rings is 1. The van der Waals surface area contributed by atoms with Gasteiger partial charge in [-0.15, -0.1) is 0 Å². The first-order chi connectivity index (χ1) is 14.5. The molecule has 0 saturated heterocycles. The Hall–Kier alpha value is -3.52. The second kappa shape index (κ2) is 8.08. The molecule has 30 heavy (non-hydrogen) atoms. The fraction of sp³-hybridized carbons (Fsp3) is 0.273. The van der Waals surface area contributed by atoms with Gasteiger partial charge >= 0.3 is 0 Å². The van der Waals surface area contributed by atoms with E-state index in [9.17, 15) is 9.59 Å². The van der Waals surface area contributed by atoms with Crippen LogP contribution in [0.25, 0.3) is 11.4 Å². The summed E-state index contributed by atoms with van der Waals surface area (Å²) in [4.78, 5) is 36.0. The Morgan fingerprint density at radius 2 is 1.90 bits per heavy atom. The summed E-state index contributed by atoms with van der Waals surface area (Å²) in [5.74, 6) is -0.0774. The van der Waals surface area contributed by atoms with Crippen LogP contribution in [-0.4, -0.2) is 49.5 Å². The predicted octanol–water partition coefficient (Wildman–Crippen LogP) is 1.79. The highest BCUT2D eigenvalue weighted by molar-refractivity contribution is 6.09. The van der Waals surface area contributed by atoms with Crippen LogP contribution in [0.3, 0.4) is 0 Å². The van der Waals surface area contributed by atoms with Gasteiger partial charge in [-0.25, -0.2) is 4.98 Å². The Balaban J connectivity index is 1.82. The number of rotatable bonds is 6. The minimum absolute atomic E-state index is 0.0491. The van der Waals surface area contributed by atoms with Crippen molar-refractivity contribution < 1.29 is 14.7 Å². The lowest BCUT2D eigenvalue weighted by atomic mass is 10.1. The minimum atomic E-state index is -0.393. The van der Waals surface area contributed by atoms with E-state index in [1.165, 1.54) is 4.90 Å². The van der Waals surface area contributed by atoms with Gasteiger partial charge in [0.25, 0.3) is 5.91 Å². The number of nitrogens with zero attached hydrogens (tertiary/aromatic N) is 4. The number of hydrogen-bond donors (Lipinski definition) is 2. The van der Waals surface area contributed by atoms with Gasteiger partial charge in [-0.1, -0.05) is 29.8 Å². The summed E-state index contributed by atoms with van der Waals surface area (Å²) in [5.41, 5.74) is 9.86. The Morgan fingerprint density at radius 3 is 2.57 bits per heavy atom. The Kier molecular flexibility index (Phi) is 5.33. The van der Waals surface area contributed by atoms with Crippen LogP contribution in [0.5, 0.6) is 0 Å². The topological polar surface area (TPSA) is 114 Å². The van der Waals surface area contributed by atoms with E-state index in [2.05, 4.69) is 9.97 Å². The molecule has 4 rings (SSSR count). The zero-order chi connectivity index (χ0) is 21.3. The Bertz CT molecular complexity index is 1090. The van der Waals surface area contributed by atoms with E-state index >= 15 is 0 Å². The van der Waals surface area contributed by atoms with Crippen molar-refractivity contribution in [1.29, 1.82) is 0 Å². The fourth-order valence-electron chi connectivity index (χ4n) is 3.57. The van der Waals surface area contributed by atoms with Crippen LogP contribution < -0.4 is 5.73 Å². The molecule has 2 amide bonds. The van der Waals surface area contributed by atoms with Gasteiger partial charge in [0.1, 0.15) is 11.5 Å². The maximum absolute atomic E-state index is 13.2. The molecule has 0 spiro atoms. The number of hydrogen-bond acceptors (Lipinski definition) is 6. The number of imidazole rings is 1. The summed E-state index contributed by atoms with van der Waals surface area (Å²) in [7, 11) is 0. The number of carbonyl (C=O) groups is 2. The van der Waals surface area contributed by atoms with Gasteiger partial charge in [0, 0.05) is 18.7 Å². The van der Waals surface area contributed by atoms with Crippen LogP contribution in [0.15, 0.2) is 42.6 Å². The summed E-state index contributed by atoms with van der Waals surface area (Å²) >= 11 is 0. The molecule has 1 aliphatic heterocycles. The molecule has 8 heteroatoms. The molecule has 0 aliphatic carbocycles. The second-order valence-corrected chi connectivity index (χ2v) is 7.37. The number of aromatic nitrogens is 3. The van der Waals surface area contributed by atoms with E-state index in [0.29, 0.717) is 35.9 Å². The van der Waals surface area contributed by atoms with E-state index in [0.717, 1.165) is 16.8 Å². The predicted molar refractivity (Wildman–Crippen MR) is 112 cm³/mol. The molecule has 1 aromatic carbocycles. The van der Waals surface area contributed by atoms with Crippen molar-refractivity contribution in [3.05, 3.63) is 65.2 Å². The molecule has 0 bridgehead atoms. The maximum atomic E-state index is 13.2. The molecule has 2 aromatic heterocycles. The highest BCUT2D eigenvalue weighted by Gasteiger charge is 2.36. The van der Waals surface area contributed by atoms with Crippen LogP contribution in [0.1, 0.15) is 33.9 Å². The van der Waals surface area contributed by atoms with E-state index < -0.39 is 5.91 Å². The SMILES string of the molecule is Cc1ccc(-c2nc3c(n2Cc2ccc(N)cn2)C(=O)N(CCCO)C(=O)C3)cc1. The first-order valence-corrected chi connectivity index (χ1v) is 9.80. The normalized spacial score (nSPS) is 13.6. The van der Waals surface area contributed by atoms with Crippen molar-refractivity contribution in [1.82, 2.24) is 19.4 Å². The summed E-state index contributed by atoms with van der Waals surface area (Å²) in [6.45, 7) is 2.41. The average Bonchev–Trinajstić information content (AvgIpc) is 3.08. The second-order valence-electron chi connectivity index (χ2n) is 7.37. The van der Waals surface area contributed by atoms with Crippen molar-refractivity contribution in [3.63, 3.8) is 0 Å². The number of fused-ring (bicyclic) bond motifs is 1. The van der Waals surface area contributed by atoms with Crippen molar-refractivity contribution in [2.75, 3.05) is 18.9 Å². The van der Waals surface area contributed by atoms with Gasteiger partial charge in [0.05, 0.1) is 36.2 Å². The monoisotopic (exact) mass is 405 g/mol. The lowest BCUT2D eigenvalue weighted by molar-refractivity contribution is -0.128. The zero-order valence-corrected chi connectivity index (χ0v) is 16.7. The molecule has 0 fully saturated rings. The first-order valence-electron chi connectivity index (χ1n) is 9.80. The van der Waals surface area contributed by atoms with Crippen molar-refractivity contribution in [3.8, 4) is 11.4 Å². The molecule has 3 N–H and O–H groups in total. The number of nitrogen functional groups attached to an aromatic ring is 1. The van der Waals surface area contributed by atoms with Crippen LogP contribution in [0.4, 0.5) is 5.69 Å². The highest BCUT2D eigenvalue weighted by atomic mass is 16.3. The Labute approximate surface area is 174 Å². The Morgan fingerprint density at radius 1 is 1.13 bits per heavy atom. The van der Waals surface area contributed by atoms with Crippen LogP contribution in [0, 0.1) is 6.92 Å². The number of carbonyl (C=O) groups excluding carboxylic acids is 2. The van der Waals surface area contributed by atoms with Gasteiger partial charge < -0.3 is 15.4 Å². The summed E-state index contributed by atoms with van der Waals surface area (Å²) < 4.78 is 1.82. The summed E-state index contributed by atoms with van der Waals surface area (Å²) in [6, 6.07) is 11.4. The van der Waals surface area contributed by atoms with Gasteiger partial charge in [-0.05, 0) is 25.5 Å². The number of nitrogens with two attached hydrogens (primary N) is 1. The van der Waals surface area contributed by atoms with E-state index in [1.807, 2.05) is 41.8 Å². The number of anilines is 1. The molecule has 0 saturated carbocycles. The molecular formula is C22H23N5O3. The zero-order valence-electron chi connectivity index (χ0n) is 16.7. The van der Waals surface area contributed by atoms with Gasteiger partial charge in [-0.2, -0.15) is 0 Å². The standard InChI is InChI=1S/C22H23N5O3/c1-14-3-5-15(6-4-14)21-25-18-11-19(29)26(9-2-10-28)22(30)20(18)27(21)13-17-8-7-16(23)12-24-17/h3-8,12,28H,2,9-11,13,23H2,1H3. The molecule has 0 unspecified atom stereocenters. The minimum Gasteiger partial charge on any atom is -0.397 e. The van der Waals surface area contributed by atoms with Crippen LogP contribution in [-0.2, 0) is 17.8 Å². The third kappa shape index (κ3) is 3.69. The van der Waals surface area contributed by atoms with E-state index in [1.54, 1.807) is 12.3 Å². The number of benzene rings is 1. The quantitative estimate of drug-likeness (QED) is 0.605. The molecule has 0 radical (unpaired) electrons. The first kappa shape index (κ1) is 19.8.